The van der Waals surface area contributed by atoms with Gasteiger partial charge in [-0.15, -0.1) is 11.6 Å². The lowest BCUT2D eigenvalue weighted by Gasteiger charge is -2.25. The van der Waals surface area contributed by atoms with Crippen LogP contribution in [0.4, 0.5) is 0 Å². The highest BCUT2D eigenvalue weighted by molar-refractivity contribution is 6.17. The summed E-state index contributed by atoms with van der Waals surface area (Å²) in [4.78, 5) is 20.7. The van der Waals surface area contributed by atoms with Crippen LogP contribution in [0.2, 0.25) is 0 Å². The van der Waals surface area contributed by atoms with Crippen molar-refractivity contribution in [2.75, 3.05) is 6.61 Å². The molecule has 0 radical (unpaired) electrons. The Morgan fingerprint density at radius 1 is 1.40 bits per heavy atom. The first-order valence-corrected chi connectivity index (χ1v) is 7.78. The van der Waals surface area contributed by atoms with Crippen LogP contribution in [-0.4, -0.2) is 22.5 Å². The Kier molecular flexibility index (Phi) is 5.35. The Hall–Kier alpha value is -1.16. The van der Waals surface area contributed by atoms with Crippen molar-refractivity contribution in [1.82, 2.24) is 9.97 Å². The number of hydrogen-bond acceptors (Lipinski definition) is 4. The summed E-state index contributed by atoms with van der Waals surface area (Å²) in [6.45, 7) is 4.39. The van der Waals surface area contributed by atoms with E-state index in [0.717, 1.165) is 24.6 Å². The van der Waals surface area contributed by atoms with Crippen molar-refractivity contribution in [2.45, 2.75) is 51.3 Å². The summed E-state index contributed by atoms with van der Waals surface area (Å²) in [5, 5.41) is 0. The minimum absolute atomic E-state index is 0.201. The fourth-order valence-electron chi connectivity index (χ4n) is 2.63. The molecule has 0 aromatic carbocycles. The van der Waals surface area contributed by atoms with E-state index in [2.05, 4.69) is 16.9 Å². The second-order valence-electron chi connectivity index (χ2n) is 5.40. The zero-order valence-electron chi connectivity index (χ0n) is 12.1. The summed E-state index contributed by atoms with van der Waals surface area (Å²) < 4.78 is 4.99. The van der Waals surface area contributed by atoms with Crippen molar-refractivity contribution >= 4 is 17.6 Å². The number of nitrogens with zero attached hydrogens (tertiary/aromatic N) is 2. The number of alkyl halides is 1. The number of carbonyl (C=O) groups excluding carboxylic acids is 1. The SMILES string of the molecule is CCOC(=O)c1cnc(C2CCC(C)CC2)nc1CCl. The quantitative estimate of drug-likeness (QED) is 0.628. The van der Waals surface area contributed by atoms with Crippen molar-refractivity contribution in [3.05, 3.63) is 23.3 Å². The molecule has 1 aromatic heterocycles. The van der Waals surface area contributed by atoms with E-state index < -0.39 is 5.97 Å². The van der Waals surface area contributed by atoms with Gasteiger partial charge in [-0.25, -0.2) is 14.8 Å². The number of aromatic nitrogens is 2. The van der Waals surface area contributed by atoms with Gasteiger partial charge in [0.25, 0.3) is 0 Å². The van der Waals surface area contributed by atoms with Gasteiger partial charge in [0, 0.05) is 12.1 Å². The molecule has 0 spiro atoms. The molecule has 0 N–H and O–H groups in total. The van der Waals surface area contributed by atoms with E-state index in [1.54, 1.807) is 13.1 Å². The number of rotatable bonds is 4. The summed E-state index contributed by atoms with van der Waals surface area (Å²) >= 11 is 5.91. The molecule has 2 rings (SSSR count). The van der Waals surface area contributed by atoms with E-state index in [9.17, 15) is 4.79 Å². The largest absolute Gasteiger partial charge is 0.462 e. The Morgan fingerprint density at radius 2 is 2.10 bits per heavy atom. The third-order valence-electron chi connectivity index (χ3n) is 3.89. The van der Waals surface area contributed by atoms with Gasteiger partial charge in [0.15, 0.2) is 0 Å². The van der Waals surface area contributed by atoms with Gasteiger partial charge in [0.2, 0.25) is 0 Å². The zero-order valence-corrected chi connectivity index (χ0v) is 12.8. The molecule has 1 aromatic rings. The summed E-state index contributed by atoms with van der Waals surface area (Å²) in [6.07, 6.45) is 6.22. The minimum atomic E-state index is -0.396. The normalized spacial score (nSPS) is 22.6. The molecule has 1 fully saturated rings. The predicted molar refractivity (Wildman–Crippen MR) is 77.9 cm³/mol. The van der Waals surface area contributed by atoms with Crippen LogP contribution in [0.25, 0.3) is 0 Å². The van der Waals surface area contributed by atoms with Crippen molar-refractivity contribution in [2.24, 2.45) is 5.92 Å². The van der Waals surface area contributed by atoms with Gasteiger partial charge in [-0.05, 0) is 25.7 Å². The first kappa shape index (κ1) is 15.2. The van der Waals surface area contributed by atoms with Gasteiger partial charge < -0.3 is 4.74 Å². The molecule has 1 saturated carbocycles. The Bertz CT molecular complexity index is 471. The third-order valence-corrected chi connectivity index (χ3v) is 4.14. The zero-order chi connectivity index (χ0) is 14.5. The summed E-state index contributed by atoms with van der Waals surface area (Å²) in [5.74, 6) is 1.81. The van der Waals surface area contributed by atoms with Crippen LogP contribution in [0.5, 0.6) is 0 Å². The molecule has 1 aliphatic rings. The van der Waals surface area contributed by atoms with Crippen LogP contribution >= 0.6 is 11.6 Å². The molecule has 0 saturated heterocycles. The summed E-state index contributed by atoms with van der Waals surface area (Å²) in [6, 6.07) is 0. The van der Waals surface area contributed by atoms with Crippen molar-refractivity contribution in [1.29, 1.82) is 0 Å². The fourth-order valence-corrected chi connectivity index (χ4v) is 2.83. The number of esters is 1. The Balaban J connectivity index is 2.18. The fraction of sp³-hybridized carbons (Fsp3) is 0.667. The van der Waals surface area contributed by atoms with Gasteiger partial charge in [0.1, 0.15) is 11.4 Å². The van der Waals surface area contributed by atoms with Crippen molar-refractivity contribution in [3.8, 4) is 0 Å². The van der Waals surface area contributed by atoms with Crippen LogP contribution < -0.4 is 0 Å². The van der Waals surface area contributed by atoms with Crippen LogP contribution in [0.1, 0.15) is 67.3 Å². The van der Waals surface area contributed by atoms with Crippen LogP contribution in [-0.2, 0) is 10.6 Å². The number of ether oxygens (including phenoxy) is 1. The molecule has 0 atom stereocenters. The smallest absolute Gasteiger partial charge is 0.341 e. The van der Waals surface area contributed by atoms with Gasteiger partial charge in [-0.1, -0.05) is 19.8 Å². The molecule has 0 bridgehead atoms. The molecule has 1 aliphatic carbocycles. The predicted octanol–water partition coefficient (Wildman–Crippen LogP) is 3.69. The highest BCUT2D eigenvalue weighted by Crippen LogP contribution is 2.34. The van der Waals surface area contributed by atoms with Crippen molar-refractivity contribution < 1.29 is 9.53 Å². The number of halogens is 1. The molecule has 4 nitrogen and oxygen atoms in total. The lowest BCUT2D eigenvalue weighted by atomic mass is 9.82. The molecule has 20 heavy (non-hydrogen) atoms. The standard InChI is InChI=1S/C15H21ClN2O2/c1-3-20-15(19)12-9-17-14(18-13(12)8-16)11-6-4-10(2)5-7-11/h9-11H,3-8H2,1-2H3. The number of hydrogen-bond donors (Lipinski definition) is 0. The average molecular weight is 297 g/mol. The highest BCUT2D eigenvalue weighted by Gasteiger charge is 2.23. The molecule has 1 heterocycles. The third kappa shape index (κ3) is 3.48. The maximum Gasteiger partial charge on any atom is 0.341 e. The maximum atomic E-state index is 11.8. The lowest BCUT2D eigenvalue weighted by molar-refractivity contribution is 0.0524. The minimum Gasteiger partial charge on any atom is -0.462 e. The second-order valence-corrected chi connectivity index (χ2v) is 5.67. The average Bonchev–Trinajstić information content (AvgIpc) is 2.47. The highest BCUT2D eigenvalue weighted by atomic mass is 35.5. The van der Waals surface area contributed by atoms with E-state index in [-0.39, 0.29) is 5.88 Å². The molecule has 5 heteroatoms. The first-order chi connectivity index (χ1) is 9.65. The topological polar surface area (TPSA) is 52.1 Å². The molecule has 0 aliphatic heterocycles. The van der Waals surface area contributed by atoms with E-state index in [1.165, 1.54) is 12.8 Å². The van der Waals surface area contributed by atoms with Gasteiger partial charge in [-0.2, -0.15) is 0 Å². The first-order valence-electron chi connectivity index (χ1n) is 7.24. The Morgan fingerprint density at radius 3 is 2.70 bits per heavy atom. The molecular formula is C15H21ClN2O2. The van der Waals surface area contributed by atoms with Gasteiger partial charge in [-0.3, -0.25) is 0 Å². The van der Waals surface area contributed by atoms with Crippen LogP contribution in [0.3, 0.4) is 0 Å². The molecular weight excluding hydrogens is 276 g/mol. The second kappa shape index (κ2) is 7.02. The molecule has 0 amide bonds. The van der Waals surface area contributed by atoms with E-state index in [4.69, 9.17) is 16.3 Å². The maximum absolute atomic E-state index is 11.8. The van der Waals surface area contributed by atoms with Crippen molar-refractivity contribution in [3.63, 3.8) is 0 Å². The van der Waals surface area contributed by atoms with Crippen LogP contribution in [0.15, 0.2) is 6.20 Å². The van der Waals surface area contributed by atoms with E-state index in [0.29, 0.717) is 23.8 Å². The van der Waals surface area contributed by atoms with E-state index in [1.807, 2.05) is 0 Å². The monoisotopic (exact) mass is 296 g/mol. The molecule has 110 valence electrons. The van der Waals surface area contributed by atoms with E-state index >= 15 is 0 Å². The lowest BCUT2D eigenvalue weighted by Crippen LogP contribution is -2.16. The Labute approximate surface area is 124 Å². The number of carbonyl (C=O) groups is 1. The summed E-state index contributed by atoms with van der Waals surface area (Å²) in [5.41, 5.74) is 0.962. The van der Waals surface area contributed by atoms with Gasteiger partial charge >= 0.3 is 5.97 Å². The molecule has 0 unspecified atom stereocenters. The summed E-state index contributed by atoms with van der Waals surface area (Å²) in [7, 11) is 0. The van der Waals surface area contributed by atoms with Gasteiger partial charge in [0.05, 0.1) is 18.2 Å². The van der Waals surface area contributed by atoms with Crippen LogP contribution in [0, 0.1) is 5.92 Å².